The number of hydrogen-bond acceptors (Lipinski definition) is 4. The second kappa shape index (κ2) is 10.6. The average molecular weight is 585 g/mol. The number of H-pyrrole nitrogens is 1. The van der Waals surface area contributed by atoms with Gasteiger partial charge in [0, 0.05) is 36.3 Å². The number of halogens is 3. The van der Waals surface area contributed by atoms with Crippen molar-refractivity contribution in [3.8, 4) is 0 Å². The molecule has 3 amide bonds. The van der Waals surface area contributed by atoms with Crippen molar-refractivity contribution < 1.29 is 28.0 Å². The topological polar surface area (TPSA) is 103 Å². The molecule has 3 heterocycles. The summed E-state index contributed by atoms with van der Waals surface area (Å²) in [6, 6.07) is 7.29. The highest BCUT2D eigenvalue weighted by molar-refractivity contribution is 6.28. The molecule has 1 spiro atoms. The molecule has 2 aliphatic rings. The summed E-state index contributed by atoms with van der Waals surface area (Å²) < 4.78 is 28.6. The van der Waals surface area contributed by atoms with E-state index in [0.29, 0.717) is 11.3 Å². The Bertz CT molecular complexity index is 1590. The number of carbonyl (C=O) groups is 4. The smallest absolute Gasteiger partial charge is 0.270 e. The molecule has 0 radical (unpaired) electrons. The summed E-state index contributed by atoms with van der Waals surface area (Å²) in [7, 11) is 1.46. The molecule has 0 saturated carbocycles. The number of alkyl halides is 1. The lowest BCUT2D eigenvalue weighted by Gasteiger charge is -2.34. The highest BCUT2D eigenvalue weighted by atomic mass is 35.5. The van der Waals surface area contributed by atoms with Crippen LogP contribution in [0.25, 0.3) is 10.9 Å². The molecule has 3 aromatic rings. The van der Waals surface area contributed by atoms with Gasteiger partial charge in [-0.1, -0.05) is 32.0 Å². The zero-order chi connectivity index (χ0) is 29.8. The minimum atomic E-state index is -1.13. The zero-order valence-electron chi connectivity index (χ0n) is 23.2. The van der Waals surface area contributed by atoms with Crippen LogP contribution >= 0.6 is 11.6 Å². The van der Waals surface area contributed by atoms with Crippen molar-refractivity contribution in [2.24, 2.45) is 5.92 Å². The van der Waals surface area contributed by atoms with Gasteiger partial charge in [-0.25, -0.2) is 8.78 Å². The number of aromatic amines is 1. The summed E-state index contributed by atoms with van der Waals surface area (Å²) >= 11 is 5.95. The van der Waals surface area contributed by atoms with E-state index in [1.807, 2.05) is 19.9 Å². The number of benzene rings is 2. The van der Waals surface area contributed by atoms with E-state index in [4.69, 9.17) is 11.6 Å². The van der Waals surface area contributed by atoms with Crippen molar-refractivity contribution in [2.75, 3.05) is 24.8 Å². The van der Waals surface area contributed by atoms with Crippen LogP contribution in [0.3, 0.4) is 0 Å². The number of fused-ring (bicyclic) bond motifs is 3. The molecule has 2 aromatic carbocycles. The first-order valence-corrected chi connectivity index (χ1v) is 14.0. The van der Waals surface area contributed by atoms with Gasteiger partial charge in [-0.3, -0.25) is 19.2 Å². The fourth-order valence-electron chi connectivity index (χ4n) is 6.11. The predicted octanol–water partition coefficient (Wildman–Crippen LogP) is 4.54. The van der Waals surface area contributed by atoms with Gasteiger partial charge in [0.25, 0.3) is 5.91 Å². The summed E-state index contributed by atoms with van der Waals surface area (Å²) in [5, 5.41) is 2.93. The van der Waals surface area contributed by atoms with E-state index < -0.39 is 46.7 Å². The lowest BCUT2D eigenvalue weighted by molar-refractivity contribution is -0.141. The van der Waals surface area contributed by atoms with Crippen molar-refractivity contribution in [1.29, 1.82) is 0 Å². The SMILES string of the molecule is Cc1c(F)cc(F)c2cc(C(=O)N(C)[C@@H](CC(C)C)C(=O)N3C[C@]4(C[C@H]3C(=O)CCl)C(=O)Nc3ccccc34)[nH]c12. The highest BCUT2D eigenvalue weighted by Gasteiger charge is 2.57. The van der Waals surface area contributed by atoms with Crippen LogP contribution in [0.15, 0.2) is 36.4 Å². The number of ketones is 1. The number of rotatable bonds is 7. The van der Waals surface area contributed by atoms with Gasteiger partial charge in [0.2, 0.25) is 11.8 Å². The summed E-state index contributed by atoms with van der Waals surface area (Å²) in [5.41, 5.74) is 0.531. The Morgan fingerprint density at radius 2 is 1.88 bits per heavy atom. The van der Waals surface area contributed by atoms with Crippen LogP contribution < -0.4 is 5.32 Å². The molecule has 1 saturated heterocycles. The van der Waals surface area contributed by atoms with E-state index in [-0.39, 0.29) is 59.3 Å². The number of amides is 3. The van der Waals surface area contributed by atoms with Gasteiger partial charge in [-0.05, 0) is 43.4 Å². The molecule has 2 aliphatic heterocycles. The van der Waals surface area contributed by atoms with Crippen molar-refractivity contribution in [1.82, 2.24) is 14.8 Å². The number of carbonyl (C=O) groups excluding carboxylic acids is 4. The first-order valence-electron chi connectivity index (χ1n) is 13.4. The molecule has 0 aliphatic carbocycles. The summed E-state index contributed by atoms with van der Waals surface area (Å²) in [4.78, 5) is 59.7. The second-order valence-corrected chi connectivity index (χ2v) is 11.6. The number of likely N-dealkylation sites (N-methyl/N-ethyl adjacent to an activating group) is 1. The quantitative estimate of drug-likeness (QED) is 0.398. The van der Waals surface area contributed by atoms with E-state index in [0.717, 1.165) is 6.07 Å². The van der Waals surface area contributed by atoms with Crippen LogP contribution in [0.2, 0.25) is 0 Å². The van der Waals surface area contributed by atoms with Crippen molar-refractivity contribution in [2.45, 2.75) is 51.1 Å². The lowest BCUT2D eigenvalue weighted by atomic mass is 9.79. The average Bonchev–Trinajstić information content (AvgIpc) is 3.64. The van der Waals surface area contributed by atoms with Crippen LogP contribution in [0.5, 0.6) is 0 Å². The van der Waals surface area contributed by atoms with Crippen LogP contribution in [0, 0.1) is 24.5 Å². The minimum absolute atomic E-state index is 0.00738. The molecular weight excluding hydrogens is 554 g/mol. The Morgan fingerprint density at radius 1 is 1.17 bits per heavy atom. The van der Waals surface area contributed by atoms with Gasteiger partial charge in [0.05, 0.1) is 22.9 Å². The Hall–Kier alpha value is -3.79. The number of hydrogen-bond donors (Lipinski definition) is 2. The molecule has 0 bridgehead atoms. The maximum absolute atomic E-state index is 14.5. The second-order valence-electron chi connectivity index (χ2n) is 11.4. The number of nitrogens with one attached hydrogen (secondary N) is 2. The summed E-state index contributed by atoms with van der Waals surface area (Å²) in [5.74, 6) is -3.69. The minimum Gasteiger partial charge on any atom is -0.350 e. The number of nitrogens with zero attached hydrogens (tertiary/aromatic N) is 2. The number of anilines is 1. The number of para-hydroxylation sites is 1. The highest BCUT2D eigenvalue weighted by Crippen LogP contribution is 2.47. The molecule has 0 unspecified atom stereocenters. The van der Waals surface area contributed by atoms with Crippen LogP contribution in [0.4, 0.5) is 14.5 Å². The van der Waals surface area contributed by atoms with E-state index >= 15 is 0 Å². The first kappa shape index (κ1) is 28.7. The van der Waals surface area contributed by atoms with E-state index in [9.17, 15) is 28.0 Å². The van der Waals surface area contributed by atoms with Crippen molar-refractivity contribution >= 4 is 51.7 Å². The molecule has 216 valence electrons. The van der Waals surface area contributed by atoms with Crippen LogP contribution in [0.1, 0.15) is 48.3 Å². The van der Waals surface area contributed by atoms with Gasteiger partial charge in [0.15, 0.2) is 5.78 Å². The van der Waals surface area contributed by atoms with Crippen molar-refractivity contribution in [3.05, 3.63) is 64.9 Å². The summed E-state index contributed by atoms with van der Waals surface area (Å²) in [6.07, 6.45) is 0.336. The molecule has 41 heavy (non-hydrogen) atoms. The zero-order valence-corrected chi connectivity index (χ0v) is 23.9. The largest absolute Gasteiger partial charge is 0.350 e. The molecule has 5 rings (SSSR count). The van der Waals surface area contributed by atoms with Gasteiger partial charge >= 0.3 is 0 Å². The van der Waals surface area contributed by atoms with Gasteiger partial charge in [-0.2, -0.15) is 0 Å². The maximum atomic E-state index is 14.5. The standard InChI is InChI=1S/C30H31ClF2N4O4/c1-15(2)9-23(36(4)27(39)22-10-17-20(33)11-19(32)16(3)26(17)34-22)28(40)37-14-30(12-24(37)25(38)13-31)18-7-5-6-8-21(18)35-29(30)41/h5-8,10-11,15,23-24,34H,9,12-14H2,1-4H3,(H,35,41)/t23-,24-,30-/m0/s1. The molecule has 8 nitrogen and oxygen atoms in total. The number of aromatic nitrogens is 1. The summed E-state index contributed by atoms with van der Waals surface area (Å²) in [6.45, 7) is 5.23. The van der Waals surface area contributed by atoms with E-state index in [2.05, 4.69) is 10.3 Å². The Labute approximate surface area is 241 Å². The van der Waals surface area contributed by atoms with E-state index in [1.54, 1.807) is 18.2 Å². The van der Waals surface area contributed by atoms with Gasteiger partial charge < -0.3 is 20.1 Å². The Morgan fingerprint density at radius 3 is 2.56 bits per heavy atom. The molecule has 1 fully saturated rings. The van der Waals surface area contributed by atoms with Gasteiger partial charge in [0.1, 0.15) is 23.4 Å². The van der Waals surface area contributed by atoms with Gasteiger partial charge in [-0.15, -0.1) is 11.6 Å². The third-order valence-electron chi connectivity index (χ3n) is 8.33. The fraction of sp³-hybridized carbons (Fsp3) is 0.400. The third-order valence-corrected chi connectivity index (χ3v) is 8.59. The number of Topliss-reactive ketones (excluding diaryl/α,β-unsaturated/α-hetero) is 1. The van der Waals surface area contributed by atoms with Crippen LogP contribution in [-0.4, -0.2) is 69.8 Å². The first-order chi connectivity index (χ1) is 19.4. The molecule has 3 atom stereocenters. The van der Waals surface area contributed by atoms with Crippen molar-refractivity contribution in [3.63, 3.8) is 0 Å². The number of aryl methyl sites for hydroxylation is 1. The van der Waals surface area contributed by atoms with Crippen LogP contribution in [-0.2, 0) is 19.8 Å². The molecule has 11 heteroatoms. The normalized spacial score (nSPS) is 20.5. The third kappa shape index (κ3) is 4.67. The molecule has 1 aromatic heterocycles. The maximum Gasteiger partial charge on any atom is 0.270 e. The monoisotopic (exact) mass is 584 g/mol. The number of likely N-dealkylation sites (tertiary alicyclic amines) is 1. The lowest BCUT2D eigenvalue weighted by Crippen LogP contribution is -2.53. The predicted molar refractivity (Wildman–Crippen MR) is 151 cm³/mol. The Balaban J connectivity index is 1.51. The fourth-order valence-corrected chi connectivity index (χ4v) is 6.29. The molecule has 2 N–H and O–H groups in total. The Kier molecular flexibility index (Phi) is 7.40. The van der Waals surface area contributed by atoms with E-state index in [1.165, 1.54) is 29.8 Å². The molecular formula is C30H31ClF2N4O4.